The van der Waals surface area contributed by atoms with Gasteiger partial charge in [-0.1, -0.05) is 88.1 Å². The molecule has 4 rings (SSSR count). The molecule has 0 spiro atoms. The molecule has 0 aliphatic heterocycles. The monoisotopic (exact) mass is 548 g/mol. The van der Waals surface area contributed by atoms with Gasteiger partial charge >= 0.3 is 17.1 Å². The van der Waals surface area contributed by atoms with Crippen molar-refractivity contribution in [3.05, 3.63) is 34.4 Å². The largest absolute Gasteiger partial charge is 0.381 e. The second kappa shape index (κ2) is 12.1. The summed E-state index contributed by atoms with van der Waals surface area (Å²) in [6.45, 7) is -0.121. The van der Waals surface area contributed by atoms with E-state index in [4.69, 9.17) is 0 Å². The van der Waals surface area contributed by atoms with Gasteiger partial charge in [0.05, 0.1) is 0 Å². The summed E-state index contributed by atoms with van der Waals surface area (Å²) in [6.07, 6.45) is 17.5. The van der Waals surface area contributed by atoms with Gasteiger partial charge in [0.25, 0.3) is 0 Å². The summed E-state index contributed by atoms with van der Waals surface area (Å²) in [5.41, 5.74) is 4.10. The maximum atomic E-state index is 14.7. The zero-order valence-corrected chi connectivity index (χ0v) is 22.9. The van der Waals surface area contributed by atoms with Gasteiger partial charge in [0.2, 0.25) is 0 Å². The lowest BCUT2D eigenvalue weighted by molar-refractivity contribution is -0.268. The first-order valence-corrected chi connectivity index (χ1v) is 15.4. The van der Waals surface area contributed by atoms with Gasteiger partial charge in [0.15, 0.2) is 0 Å². The van der Waals surface area contributed by atoms with Gasteiger partial charge in [0, 0.05) is 12.7 Å². The summed E-state index contributed by atoms with van der Waals surface area (Å²) in [5.74, 6) is -9.69. The fourth-order valence-electron chi connectivity index (χ4n) is 6.82. The Balaban J connectivity index is 1.76. The Hall–Kier alpha value is -0.850. The number of alkyl halides is 6. The average molecular weight is 549 g/mol. The van der Waals surface area contributed by atoms with E-state index >= 15 is 0 Å². The summed E-state index contributed by atoms with van der Waals surface area (Å²) in [5, 5.41) is -4.86. The van der Waals surface area contributed by atoms with E-state index in [0.717, 1.165) is 93.7 Å². The van der Waals surface area contributed by atoms with Crippen molar-refractivity contribution < 1.29 is 26.3 Å². The Labute approximate surface area is 222 Å². The lowest BCUT2D eigenvalue weighted by Crippen LogP contribution is -2.50. The minimum Gasteiger partial charge on any atom is -0.200 e. The molecule has 0 atom stereocenters. The first-order chi connectivity index (χ1) is 17.5. The van der Waals surface area contributed by atoms with Gasteiger partial charge in [-0.3, -0.25) is 0 Å². The van der Waals surface area contributed by atoms with Crippen molar-refractivity contribution in [2.45, 2.75) is 150 Å². The maximum absolute atomic E-state index is 14.7. The second-order valence-electron chi connectivity index (χ2n) is 11.8. The van der Waals surface area contributed by atoms with Crippen molar-refractivity contribution in [3.63, 3.8) is 0 Å². The lowest BCUT2D eigenvalue weighted by atomic mass is 9.74. The van der Waals surface area contributed by atoms with Crippen molar-refractivity contribution in [2.24, 2.45) is 0 Å². The highest BCUT2D eigenvalue weighted by Gasteiger charge is 2.69. The Morgan fingerprint density at radius 3 is 1.41 bits per heavy atom. The summed E-state index contributed by atoms with van der Waals surface area (Å²) in [4.78, 5) is 0. The van der Waals surface area contributed by atoms with Gasteiger partial charge in [-0.05, 0) is 78.5 Å². The Morgan fingerprint density at radius 2 is 1.00 bits per heavy atom. The molecule has 1 aromatic rings. The molecule has 210 valence electrons. The predicted octanol–water partition coefficient (Wildman–Crippen LogP) is 11.3. The van der Waals surface area contributed by atoms with E-state index in [2.05, 4.69) is 12.1 Å². The van der Waals surface area contributed by atoms with E-state index in [9.17, 15) is 26.3 Å². The minimum absolute atomic E-state index is 0.121. The molecule has 37 heavy (non-hydrogen) atoms. The molecule has 0 amide bonds. The fraction of sp³-hybridized carbons (Fsp3) is 0.800. The van der Waals surface area contributed by atoms with E-state index in [-0.39, 0.29) is 36.3 Å². The molecule has 0 nitrogen and oxygen atoms in total. The Kier molecular flexibility index (Phi) is 9.55. The molecule has 3 aliphatic carbocycles. The number of rotatable bonds is 8. The summed E-state index contributed by atoms with van der Waals surface area (Å²) in [6, 6.07) is 4.41. The molecule has 0 heterocycles. The summed E-state index contributed by atoms with van der Waals surface area (Å²) >= 11 is -0.297. The van der Waals surface area contributed by atoms with Crippen molar-refractivity contribution in [1.82, 2.24) is 0 Å². The standard InChI is InChI=1S/C30H42F6S/c1-28(31,32)29(33,34)30(35,36)37-20-27-25(22-14-8-4-9-15-22)18-24(21-12-6-2-3-7-13-21)19-26(27)23-16-10-5-11-17-23/h18-19,21-23H,2-17,20H2,1H3. The molecule has 3 fully saturated rings. The zero-order chi connectivity index (χ0) is 26.7. The highest BCUT2D eigenvalue weighted by molar-refractivity contribution is 7.99. The van der Waals surface area contributed by atoms with Crippen molar-refractivity contribution >= 4 is 11.8 Å². The van der Waals surface area contributed by atoms with Crippen LogP contribution >= 0.6 is 11.8 Å². The number of hydrogen-bond donors (Lipinski definition) is 0. The molecule has 0 bridgehead atoms. The van der Waals surface area contributed by atoms with Crippen LogP contribution in [0.4, 0.5) is 26.3 Å². The van der Waals surface area contributed by atoms with Crippen molar-refractivity contribution in [2.75, 3.05) is 0 Å². The molecule has 3 saturated carbocycles. The third-order valence-electron chi connectivity index (χ3n) is 9.07. The lowest BCUT2D eigenvalue weighted by Gasteiger charge is -2.33. The van der Waals surface area contributed by atoms with Crippen LogP contribution in [0.2, 0.25) is 0 Å². The molecule has 1 aromatic carbocycles. The summed E-state index contributed by atoms with van der Waals surface area (Å²) in [7, 11) is 0. The highest BCUT2D eigenvalue weighted by Crippen LogP contribution is 2.53. The molecule has 0 saturated heterocycles. The van der Waals surface area contributed by atoms with Crippen LogP contribution in [0.5, 0.6) is 0 Å². The minimum atomic E-state index is -5.42. The quantitative estimate of drug-likeness (QED) is 0.230. The van der Waals surface area contributed by atoms with Crippen LogP contribution < -0.4 is 0 Å². The van der Waals surface area contributed by atoms with Crippen LogP contribution in [0, 0.1) is 0 Å². The molecule has 0 radical (unpaired) electrons. The van der Waals surface area contributed by atoms with Crippen LogP contribution in [-0.4, -0.2) is 17.1 Å². The van der Waals surface area contributed by atoms with Crippen LogP contribution in [0.15, 0.2) is 12.1 Å². The average Bonchev–Trinajstić information content (AvgIpc) is 3.17. The Morgan fingerprint density at radius 1 is 0.622 bits per heavy atom. The normalized spacial score (nSPS) is 22.2. The van der Waals surface area contributed by atoms with Crippen LogP contribution in [0.3, 0.4) is 0 Å². The highest BCUT2D eigenvalue weighted by atomic mass is 32.2. The molecule has 0 N–H and O–H groups in total. The van der Waals surface area contributed by atoms with E-state index in [1.165, 1.54) is 31.2 Å². The number of hydrogen-bond acceptors (Lipinski definition) is 1. The first kappa shape index (κ1) is 29.1. The van der Waals surface area contributed by atoms with Crippen LogP contribution in [-0.2, 0) is 5.75 Å². The zero-order valence-electron chi connectivity index (χ0n) is 22.1. The summed E-state index contributed by atoms with van der Waals surface area (Å²) < 4.78 is 84.7. The SMILES string of the molecule is CC(F)(F)C(F)(F)C(F)(F)SCc1c(C2CCCCC2)cc(C2CCCCCC2)cc1C1CCCCC1. The number of thioether (sulfide) groups is 1. The number of halogens is 6. The number of benzene rings is 1. The van der Waals surface area contributed by atoms with Crippen LogP contribution in [0.1, 0.15) is 150 Å². The van der Waals surface area contributed by atoms with E-state index in [1.807, 2.05) is 0 Å². The molecular weight excluding hydrogens is 506 g/mol. The smallest absolute Gasteiger partial charge is 0.200 e. The fourth-order valence-corrected chi connectivity index (χ4v) is 7.84. The third kappa shape index (κ3) is 6.66. The van der Waals surface area contributed by atoms with Gasteiger partial charge in [-0.2, -0.15) is 26.3 Å². The van der Waals surface area contributed by atoms with Gasteiger partial charge in [0.1, 0.15) is 0 Å². The van der Waals surface area contributed by atoms with Gasteiger partial charge in [-0.25, -0.2) is 0 Å². The molecule has 0 unspecified atom stereocenters. The molecular formula is C30H42F6S. The van der Waals surface area contributed by atoms with Crippen LogP contribution in [0.25, 0.3) is 0 Å². The third-order valence-corrected chi connectivity index (χ3v) is 10.1. The van der Waals surface area contributed by atoms with Gasteiger partial charge in [-0.15, -0.1) is 0 Å². The Bertz CT molecular complexity index is 834. The van der Waals surface area contributed by atoms with E-state index in [0.29, 0.717) is 5.92 Å². The van der Waals surface area contributed by atoms with Crippen molar-refractivity contribution in [3.8, 4) is 0 Å². The van der Waals surface area contributed by atoms with Crippen molar-refractivity contribution in [1.29, 1.82) is 0 Å². The van der Waals surface area contributed by atoms with E-state index < -0.39 is 17.1 Å². The molecule has 7 heteroatoms. The topological polar surface area (TPSA) is 0 Å². The van der Waals surface area contributed by atoms with Gasteiger partial charge < -0.3 is 0 Å². The maximum Gasteiger partial charge on any atom is 0.381 e. The predicted molar refractivity (Wildman–Crippen MR) is 140 cm³/mol. The molecule has 0 aromatic heterocycles. The van der Waals surface area contributed by atoms with E-state index in [1.54, 1.807) is 0 Å². The second-order valence-corrected chi connectivity index (χ2v) is 12.9. The first-order valence-electron chi connectivity index (χ1n) is 14.5. The molecule has 3 aliphatic rings.